The molecule has 4 heteroatoms. The maximum absolute atomic E-state index is 5.57. The van der Waals surface area contributed by atoms with E-state index in [-0.39, 0.29) is 0 Å². The van der Waals surface area contributed by atoms with E-state index in [1.54, 1.807) is 7.11 Å². The molecule has 0 amide bonds. The van der Waals surface area contributed by atoms with E-state index < -0.39 is 0 Å². The molecule has 0 bridgehead atoms. The molecule has 4 nitrogen and oxygen atoms in total. The first-order chi connectivity index (χ1) is 7.20. The molecule has 0 spiro atoms. The summed E-state index contributed by atoms with van der Waals surface area (Å²) in [6.45, 7) is 5.75. The average Bonchev–Trinajstić information content (AvgIpc) is 2.62. The number of ether oxygens (including phenoxy) is 1. The quantitative estimate of drug-likeness (QED) is 0.770. The van der Waals surface area contributed by atoms with Gasteiger partial charge in [-0.25, -0.2) is 4.98 Å². The van der Waals surface area contributed by atoms with Crippen LogP contribution >= 0.6 is 0 Å². The molecule has 1 aromatic rings. The lowest BCUT2D eigenvalue weighted by Crippen LogP contribution is -2.22. The van der Waals surface area contributed by atoms with Crippen molar-refractivity contribution in [3.8, 4) is 0 Å². The Hall–Kier alpha value is -0.870. The summed E-state index contributed by atoms with van der Waals surface area (Å²) >= 11 is 0. The second-order valence-corrected chi connectivity index (χ2v) is 4.10. The lowest BCUT2D eigenvalue weighted by Gasteiger charge is -2.23. The van der Waals surface area contributed by atoms with Gasteiger partial charge in [0.05, 0.1) is 19.0 Å². The number of imidazole rings is 1. The zero-order valence-corrected chi connectivity index (χ0v) is 9.81. The minimum Gasteiger partial charge on any atom is -0.383 e. The highest BCUT2D eigenvalue weighted by atomic mass is 16.5. The summed E-state index contributed by atoms with van der Waals surface area (Å²) in [5.74, 6) is 0.524. The van der Waals surface area contributed by atoms with Gasteiger partial charge in [0, 0.05) is 25.4 Å². The van der Waals surface area contributed by atoms with Gasteiger partial charge in [-0.1, -0.05) is 13.8 Å². The van der Waals surface area contributed by atoms with Crippen molar-refractivity contribution in [1.82, 2.24) is 9.55 Å². The Bertz CT molecular complexity index is 283. The molecule has 1 rings (SSSR count). The lowest BCUT2D eigenvalue weighted by molar-refractivity contribution is 0.132. The SMILES string of the molecule is COCC(C(C)C)n1cncc1CCN. The summed E-state index contributed by atoms with van der Waals surface area (Å²) in [5, 5.41) is 0. The van der Waals surface area contributed by atoms with E-state index in [4.69, 9.17) is 10.5 Å². The van der Waals surface area contributed by atoms with E-state index in [0.717, 1.165) is 6.42 Å². The second kappa shape index (κ2) is 5.88. The Morgan fingerprint density at radius 3 is 2.80 bits per heavy atom. The first kappa shape index (κ1) is 12.2. The largest absolute Gasteiger partial charge is 0.383 e. The number of hydrogen-bond acceptors (Lipinski definition) is 3. The summed E-state index contributed by atoms with van der Waals surface area (Å²) in [4.78, 5) is 4.18. The van der Waals surface area contributed by atoms with Crippen molar-refractivity contribution in [3.05, 3.63) is 18.2 Å². The van der Waals surface area contributed by atoms with E-state index in [1.165, 1.54) is 5.69 Å². The molecule has 0 aliphatic carbocycles. The first-order valence-electron chi connectivity index (χ1n) is 5.40. The molecule has 0 aromatic carbocycles. The van der Waals surface area contributed by atoms with Crippen LogP contribution in [0.3, 0.4) is 0 Å². The number of nitrogens with zero attached hydrogens (tertiary/aromatic N) is 2. The molecule has 0 fully saturated rings. The Balaban J connectivity index is 2.84. The van der Waals surface area contributed by atoms with Crippen LogP contribution in [0.1, 0.15) is 25.6 Å². The van der Waals surface area contributed by atoms with Crippen molar-refractivity contribution < 1.29 is 4.74 Å². The molecule has 0 saturated carbocycles. The van der Waals surface area contributed by atoms with Gasteiger partial charge in [0.1, 0.15) is 0 Å². The van der Waals surface area contributed by atoms with E-state index in [2.05, 4.69) is 23.4 Å². The molecule has 1 atom stereocenters. The highest BCUT2D eigenvalue weighted by Crippen LogP contribution is 2.20. The molecule has 0 radical (unpaired) electrons. The molecule has 1 heterocycles. The molecule has 2 N–H and O–H groups in total. The number of rotatable bonds is 6. The highest BCUT2D eigenvalue weighted by molar-refractivity contribution is 5.01. The molecule has 0 saturated heterocycles. The molecule has 86 valence electrons. The summed E-state index contributed by atoms with van der Waals surface area (Å²) in [5.41, 5.74) is 6.75. The molecule has 0 aliphatic rings. The minimum absolute atomic E-state index is 0.346. The van der Waals surface area contributed by atoms with Gasteiger partial charge >= 0.3 is 0 Å². The van der Waals surface area contributed by atoms with Crippen LogP contribution in [-0.2, 0) is 11.2 Å². The van der Waals surface area contributed by atoms with Crippen molar-refractivity contribution in [2.75, 3.05) is 20.3 Å². The Kier molecular flexibility index (Phi) is 4.78. The smallest absolute Gasteiger partial charge is 0.0951 e. The molecule has 15 heavy (non-hydrogen) atoms. The monoisotopic (exact) mass is 211 g/mol. The topological polar surface area (TPSA) is 53.1 Å². The van der Waals surface area contributed by atoms with Crippen molar-refractivity contribution in [2.45, 2.75) is 26.3 Å². The van der Waals surface area contributed by atoms with Gasteiger partial charge in [-0.3, -0.25) is 0 Å². The van der Waals surface area contributed by atoms with Crippen LogP contribution in [-0.4, -0.2) is 29.8 Å². The number of hydrogen-bond donors (Lipinski definition) is 1. The van der Waals surface area contributed by atoms with Gasteiger partial charge in [-0.2, -0.15) is 0 Å². The standard InChI is InChI=1S/C11H21N3O/c1-9(2)11(7-15-3)14-8-13-6-10(14)4-5-12/h6,8-9,11H,4-5,7,12H2,1-3H3. The van der Waals surface area contributed by atoms with Gasteiger partial charge < -0.3 is 15.0 Å². The molecular formula is C11H21N3O. The summed E-state index contributed by atoms with van der Waals surface area (Å²) in [7, 11) is 1.73. The Morgan fingerprint density at radius 1 is 1.53 bits per heavy atom. The Labute approximate surface area is 91.4 Å². The predicted octanol–water partition coefficient (Wildman–Crippen LogP) is 1.23. The van der Waals surface area contributed by atoms with E-state index >= 15 is 0 Å². The highest BCUT2D eigenvalue weighted by Gasteiger charge is 2.17. The van der Waals surface area contributed by atoms with Gasteiger partial charge in [-0.05, 0) is 12.5 Å². The van der Waals surface area contributed by atoms with E-state index in [0.29, 0.717) is 25.1 Å². The van der Waals surface area contributed by atoms with Crippen LogP contribution in [0.2, 0.25) is 0 Å². The normalized spacial score (nSPS) is 13.4. The zero-order chi connectivity index (χ0) is 11.3. The van der Waals surface area contributed by atoms with Gasteiger partial charge in [0.15, 0.2) is 0 Å². The van der Waals surface area contributed by atoms with Crippen LogP contribution in [0.25, 0.3) is 0 Å². The fourth-order valence-corrected chi connectivity index (χ4v) is 1.74. The molecule has 0 aliphatic heterocycles. The fraction of sp³-hybridized carbons (Fsp3) is 0.727. The first-order valence-corrected chi connectivity index (χ1v) is 5.40. The summed E-state index contributed by atoms with van der Waals surface area (Å²) in [6, 6.07) is 0.346. The summed E-state index contributed by atoms with van der Waals surface area (Å²) < 4.78 is 7.42. The fourth-order valence-electron chi connectivity index (χ4n) is 1.74. The average molecular weight is 211 g/mol. The van der Waals surface area contributed by atoms with Crippen molar-refractivity contribution in [2.24, 2.45) is 11.7 Å². The number of methoxy groups -OCH3 is 1. The van der Waals surface area contributed by atoms with Crippen molar-refractivity contribution in [3.63, 3.8) is 0 Å². The van der Waals surface area contributed by atoms with Crippen molar-refractivity contribution in [1.29, 1.82) is 0 Å². The third-order valence-corrected chi connectivity index (χ3v) is 2.61. The minimum atomic E-state index is 0.346. The molecule has 1 aromatic heterocycles. The van der Waals surface area contributed by atoms with Crippen LogP contribution < -0.4 is 5.73 Å². The van der Waals surface area contributed by atoms with Crippen LogP contribution in [0.5, 0.6) is 0 Å². The summed E-state index contributed by atoms with van der Waals surface area (Å²) in [6.07, 6.45) is 4.62. The van der Waals surface area contributed by atoms with Crippen LogP contribution in [0, 0.1) is 5.92 Å². The lowest BCUT2D eigenvalue weighted by atomic mass is 10.0. The predicted molar refractivity (Wildman–Crippen MR) is 60.7 cm³/mol. The number of aromatic nitrogens is 2. The Morgan fingerprint density at radius 2 is 2.27 bits per heavy atom. The van der Waals surface area contributed by atoms with Crippen molar-refractivity contribution >= 4 is 0 Å². The number of nitrogens with two attached hydrogens (primary N) is 1. The third-order valence-electron chi connectivity index (χ3n) is 2.61. The molecule has 1 unspecified atom stereocenters. The van der Waals surface area contributed by atoms with E-state index in [1.807, 2.05) is 12.5 Å². The van der Waals surface area contributed by atoms with E-state index in [9.17, 15) is 0 Å². The third kappa shape index (κ3) is 3.04. The van der Waals surface area contributed by atoms with Gasteiger partial charge in [-0.15, -0.1) is 0 Å². The van der Waals surface area contributed by atoms with Crippen LogP contribution in [0.4, 0.5) is 0 Å². The maximum atomic E-state index is 5.57. The van der Waals surface area contributed by atoms with Gasteiger partial charge in [0.2, 0.25) is 0 Å². The molecular weight excluding hydrogens is 190 g/mol. The van der Waals surface area contributed by atoms with Crippen LogP contribution in [0.15, 0.2) is 12.5 Å². The van der Waals surface area contributed by atoms with Gasteiger partial charge in [0.25, 0.3) is 0 Å². The zero-order valence-electron chi connectivity index (χ0n) is 9.81. The second-order valence-electron chi connectivity index (χ2n) is 4.10. The maximum Gasteiger partial charge on any atom is 0.0951 e.